The zero-order valence-corrected chi connectivity index (χ0v) is 17.6. The van der Waals surface area contributed by atoms with Gasteiger partial charge in [-0.25, -0.2) is 9.37 Å². The number of hydrogen-bond acceptors (Lipinski definition) is 4. The molecule has 156 valence electrons. The number of nitrogens with one attached hydrogen (secondary N) is 1. The van der Waals surface area contributed by atoms with E-state index in [0.29, 0.717) is 11.6 Å². The average molecular weight is 407 g/mol. The van der Waals surface area contributed by atoms with Gasteiger partial charge in [-0.15, -0.1) is 0 Å². The van der Waals surface area contributed by atoms with E-state index in [4.69, 9.17) is 4.74 Å². The zero-order valence-electron chi connectivity index (χ0n) is 17.6. The van der Waals surface area contributed by atoms with Gasteiger partial charge in [0.1, 0.15) is 17.4 Å². The van der Waals surface area contributed by atoms with Crippen LogP contribution in [0.2, 0.25) is 0 Å². The molecule has 1 N–H and O–H groups in total. The number of halogens is 1. The Bertz CT molecular complexity index is 982. The van der Waals surface area contributed by atoms with Gasteiger partial charge in [0.05, 0.1) is 0 Å². The second kappa shape index (κ2) is 9.05. The maximum Gasteiger partial charge on any atom is 0.269 e. The number of hydrogen-bond donors (Lipinski definition) is 1. The number of carbonyl (C=O) groups excluding carboxylic acids is 1. The van der Waals surface area contributed by atoms with Crippen LogP contribution in [0.3, 0.4) is 0 Å². The van der Waals surface area contributed by atoms with Crippen molar-refractivity contribution in [1.29, 1.82) is 0 Å². The first kappa shape index (κ1) is 21.5. The van der Waals surface area contributed by atoms with E-state index >= 15 is 0 Å². The highest BCUT2D eigenvalue weighted by molar-refractivity contribution is 5.96. The molecule has 0 unspecified atom stereocenters. The van der Waals surface area contributed by atoms with E-state index in [-0.39, 0.29) is 11.7 Å². The first-order valence-corrected chi connectivity index (χ1v) is 9.69. The molecular weight excluding hydrogens is 381 g/mol. The van der Waals surface area contributed by atoms with Crippen LogP contribution < -0.4 is 10.1 Å². The first-order valence-electron chi connectivity index (χ1n) is 9.69. The zero-order chi connectivity index (χ0) is 21.7. The molecule has 0 atom stereocenters. The lowest BCUT2D eigenvalue weighted by Crippen LogP contribution is -2.42. The van der Waals surface area contributed by atoms with Gasteiger partial charge in [-0.05, 0) is 75.5 Å². The van der Waals surface area contributed by atoms with Crippen LogP contribution >= 0.6 is 0 Å². The number of carbonyl (C=O) groups is 1. The van der Waals surface area contributed by atoms with E-state index in [0.717, 1.165) is 17.7 Å². The Morgan fingerprint density at radius 3 is 2.20 bits per heavy atom. The molecule has 5 nitrogen and oxygen atoms in total. The minimum absolute atomic E-state index is 0.347. The van der Waals surface area contributed by atoms with Crippen molar-refractivity contribution < 1.29 is 13.9 Å². The Morgan fingerprint density at radius 2 is 1.63 bits per heavy atom. The summed E-state index contributed by atoms with van der Waals surface area (Å²) in [5, 5.41) is 2.77. The van der Waals surface area contributed by atoms with Gasteiger partial charge in [-0.3, -0.25) is 4.79 Å². The lowest BCUT2D eigenvalue weighted by atomic mass is 10.1. The molecule has 0 aliphatic carbocycles. The van der Waals surface area contributed by atoms with Crippen molar-refractivity contribution in [2.75, 3.05) is 19.4 Å². The van der Waals surface area contributed by atoms with Gasteiger partial charge in [0.2, 0.25) is 0 Å². The Hall–Kier alpha value is -3.25. The molecule has 6 heteroatoms. The molecular formula is C24H26FN3O2. The van der Waals surface area contributed by atoms with Crippen molar-refractivity contribution in [3.05, 3.63) is 78.2 Å². The predicted molar refractivity (Wildman–Crippen MR) is 117 cm³/mol. The van der Waals surface area contributed by atoms with E-state index in [2.05, 4.69) is 39.5 Å². The molecule has 1 aromatic heterocycles. The van der Waals surface area contributed by atoms with E-state index < -0.39 is 5.60 Å². The number of ether oxygens (including phenoxy) is 1. The summed E-state index contributed by atoms with van der Waals surface area (Å²) < 4.78 is 18.8. The quantitative estimate of drug-likeness (QED) is 0.614. The number of nitrogens with zero attached hydrogens (tertiary/aromatic N) is 2. The number of anilines is 1. The van der Waals surface area contributed by atoms with Crippen LogP contribution in [0.4, 0.5) is 10.2 Å². The predicted octanol–water partition coefficient (Wildman–Crippen LogP) is 4.75. The molecule has 0 bridgehead atoms. The fraction of sp³-hybridized carbons (Fsp3) is 0.250. The van der Waals surface area contributed by atoms with Crippen LogP contribution in [-0.4, -0.2) is 35.5 Å². The Kier molecular flexibility index (Phi) is 6.47. The highest BCUT2D eigenvalue weighted by atomic mass is 19.1. The molecule has 3 aromatic rings. The van der Waals surface area contributed by atoms with Crippen LogP contribution in [0.1, 0.15) is 19.4 Å². The van der Waals surface area contributed by atoms with Crippen molar-refractivity contribution in [3.63, 3.8) is 0 Å². The fourth-order valence-corrected chi connectivity index (χ4v) is 2.92. The minimum atomic E-state index is -1.15. The highest BCUT2D eigenvalue weighted by Crippen LogP contribution is 2.23. The largest absolute Gasteiger partial charge is 0.478 e. The Balaban J connectivity index is 1.64. The number of rotatable bonds is 7. The standard InChI is InChI=1S/C24H26FN3O2/c1-24(2,30-21-12-10-20(25)11-13-21)23(29)27-22-14-9-19(15-26-22)18-7-5-17(6-8-18)16-28(3)4/h5-15H,16H2,1-4H3,(H,26,27,29). The lowest BCUT2D eigenvalue weighted by molar-refractivity contribution is -0.128. The van der Waals surface area contributed by atoms with Crippen LogP contribution in [0.5, 0.6) is 5.75 Å². The smallest absolute Gasteiger partial charge is 0.269 e. The molecule has 0 saturated carbocycles. The van der Waals surface area contributed by atoms with Crippen molar-refractivity contribution >= 4 is 11.7 Å². The summed E-state index contributed by atoms with van der Waals surface area (Å²) >= 11 is 0. The van der Waals surface area contributed by atoms with Crippen LogP contribution in [-0.2, 0) is 11.3 Å². The summed E-state index contributed by atoms with van der Waals surface area (Å²) in [6.45, 7) is 4.18. The maximum atomic E-state index is 13.0. The van der Waals surface area contributed by atoms with Gasteiger partial charge in [0, 0.05) is 18.3 Å². The summed E-state index contributed by atoms with van der Waals surface area (Å²) in [4.78, 5) is 19.1. The van der Waals surface area contributed by atoms with Gasteiger partial charge in [-0.2, -0.15) is 0 Å². The van der Waals surface area contributed by atoms with E-state index in [9.17, 15) is 9.18 Å². The second-order valence-corrected chi connectivity index (χ2v) is 7.89. The minimum Gasteiger partial charge on any atom is -0.478 e. The molecule has 1 heterocycles. The van der Waals surface area contributed by atoms with Gasteiger partial charge < -0.3 is 15.0 Å². The number of aromatic nitrogens is 1. The molecule has 0 radical (unpaired) electrons. The number of pyridine rings is 1. The van der Waals surface area contributed by atoms with Crippen molar-refractivity contribution in [2.24, 2.45) is 0 Å². The summed E-state index contributed by atoms with van der Waals surface area (Å²) in [6, 6.07) is 17.5. The summed E-state index contributed by atoms with van der Waals surface area (Å²) in [6.07, 6.45) is 1.73. The summed E-state index contributed by atoms with van der Waals surface area (Å²) in [7, 11) is 4.08. The molecule has 3 rings (SSSR count). The third-order valence-electron chi connectivity index (χ3n) is 4.52. The average Bonchev–Trinajstić information content (AvgIpc) is 2.70. The van der Waals surface area contributed by atoms with E-state index in [1.54, 1.807) is 26.1 Å². The number of benzene rings is 2. The van der Waals surface area contributed by atoms with Crippen molar-refractivity contribution in [1.82, 2.24) is 9.88 Å². The van der Waals surface area contributed by atoms with Gasteiger partial charge in [-0.1, -0.05) is 24.3 Å². The third kappa shape index (κ3) is 5.64. The van der Waals surface area contributed by atoms with Gasteiger partial charge in [0.25, 0.3) is 5.91 Å². The highest BCUT2D eigenvalue weighted by Gasteiger charge is 2.30. The van der Waals surface area contributed by atoms with E-state index in [1.165, 1.54) is 29.8 Å². The van der Waals surface area contributed by atoms with E-state index in [1.807, 2.05) is 20.2 Å². The monoisotopic (exact) mass is 407 g/mol. The number of amides is 1. The summed E-state index contributed by atoms with van der Waals surface area (Å²) in [5.74, 6) is 0.141. The van der Waals surface area contributed by atoms with Crippen LogP contribution in [0.25, 0.3) is 11.1 Å². The molecule has 1 amide bonds. The molecule has 0 aliphatic heterocycles. The SMILES string of the molecule is CN(C)Cc1ccc(-c2ccc(NC(=O)C(C)(C)Oc3ccc(F)cc3)nc2)cc1. The first-order chi connectivity index (χ1) is 14.2. The molecule has 0 fully saturated rings. The van der Waals surface area contributed by atoms with Crippen molar-refractivity contribution in [2.45, 2.75) is 26.0 Å². The molecule has 30 heavy (non-hydrogen) atoms. The Morgan fingerprint density at radius 1 is 1.00 bits per heavy atom. The molecule has 0 spiro atoms. The molecule has 0 aliphatic rings. The topological polar surface area (TPSA) is 54.5 Å². The third-order valence-corrected chi connectivity index (χ3v) is 4.52. The van der Waals surface area contributed by atoms with Gasteiger partial charge in [0.15, 0.2) is 5.60 Å². The normalized spacial score (nSPS) is 11.4. The Labute approximate surface area is 176 Å². The second-order valence-electron chi connectivity index (χ2n) is 7.89. The fourth-order valence-electron chi connectivity index (χ4n) is 2.92. The van der Waals surface area contributed by atoms with Crippen LogP contribution in [0.15, 0.2) is 66.9 Å². The van der Waals surface area contributed by atoms with Crippen molar-refractivity contribution in [3.8, 4) is 16.9 Å². The molecule has 0 saturated heterocycles. The molecule has 2 aromatic carbocycles. The summed E-state index contributed by atoms with van der Waals surface area (Å²) in [5.41, 5.74) is 2.11. The van der Waals surface area contributed by atoms with Gasteiger partial charge >= 0.3 is 0 Å². The lowest BCUT2D eigenvalue weighted by Gasteiger charge is -2.25. The maximum absolute atomic E-state index is 13.0. The van der Waals surface area contributed by atoms with Crippen LogP contribution in [0, 0.1) is 5.82 Å².